The van der Waals surface area contributed by atoms with Crippen LogP contribution in [-0.2, 0) is 4.79 Å². The molecule has 0 unspecified atom stereocenters. The van der Waals surface area contributed by atoms with Gasteiger partial charge in [-0.3, -0.25) is 4.79 Å². The molecule has 0 heterocycles. The maximum atomic E-state index is 11.9. The Morgan fingerprint density at radius 1 is 1.33 bits per heavy atom. The van der Waals surface area contributed by atoms with Crippen LogP contribution in [0.1, 0.15) is 16.8 Å². The van der Waals surface area contributed by atoms with Crippen LogP contribution in [0.4, 0.5) is 0 Å². The quantitative estimate of drug-likeness (QED) is 0.776. The van der Waals surface area contributed by atoms with E-state index in [0.717, 1.165) is 8.95 Å². The van der Waals surface area contributed by atoms with Gasteiger partial charge in [-0.25, -0.2) is 4.79 Å². The number of carboxylic acid groups (broad SMARTS) is 1. The van der Waals surface area contributed by atoms with Crippen molar-refractivity contribution >= 4 is 43.7 Å². The Morgan fingerprint density at radius 2 is 1.89 bits per heavy atom. The summed E-state index contributed by atoms with van der Waals surface area (Å²) in [6.07, 6.45) is 1.63. The molecule has 0 saturated heterocycles. The zero-order valence-electron chi connectivity index (χ0n) is 9.32. The number of carboxylic acids is 1. The van der Waals surface area contributed by atoms with Crippen LogP contribution >= 0.6 is 31.9 Å². The molecule has 0 fully saturated rings. The third-order valence-electron chi connectivity index (χ3n) is 2.13. The topological polar surface area (TPSA) is 66.4 Å². The zero-order valence-corrected chi connectivity index (χ0v) is 12.5. The number of hydrogen-bond acceptors (Lipinski definition) is 2. The van der Waals surface area contributed by atoms with Gasteiger partial charge >= 0.3 is 5.97 Å². The van der Waals surface area contributed by atoms with Crippen LogP contribution < -0.4 is 5.32 Å². The molecule has 1 atom stereocenters. The Morgan fingerprint density at radius 3 is 2.33 bits per heavy atom. The van der Waals surface area contributed by atoms with Crippen molar-refractivity contribution in [1.82, 2.24) is 5.32 Å². The SMILES string of the molecule is C=CC[C@H](NC(=O)c1cc(Br)cc(Br)c1)C(=O)O. The Kier molecular flexibility index (Phi) is 5.55. The van der Waals surface area contributed by atoms with Gasteiger partial charge in [-0.1, -0.05) is 37.9 Å². The van der Waals surface area contributed by atoms with Crippen molar-refractivity contribution in [2.45, 2.75) is 12.5 Å². The number of hydrogen-bond donors (Lipinski definition) is 2. The second kappa shape index (κ2) is 6.70. The number of carbonyl (C=O) groups excluding carboxylic acids is 1. The molecule has 1 rings (SSSR count). The molecule has 96 valence electrons. The number of aliphatic carboxylic acids is 1. The van der Waals surface area contributed by atoms with Gasteiger partial charge in [0, 0.05) is 14.5 Å². The minimum Gasteiger partial charge on any atom is -0.480 e. The lowest BCUT2D eigenvalue weighted by Gasteiger charge is -2.12. The minimum atomic E-state index is -1.09. The predicted molar refractivity (Wildman–Crippen MR) is 75.5 cm³/mol. The fourth-order valence-corrected chi connectivity index (χ4v) is 2.61. The molecular formula is C12H11Br2NO3. The molecule has 0 spiro atoms. The fourth-order valence-electron chi connectivity index (χ4n) is 1.31. The maximum Gasteiger partial charge on any atom is 0.326 e. The summed E-state index contributed by atoms with van der Waals surface area (Å²) >= 11 is 6.53. The second-order valence-corrected chi connectivity index (χ2v) is 5.38. The van der Waals surface area contributed by atoms with E-state index >= 15 is 0 Å². The van der Waals surface area contributed by atoms with Crippen LogP contribution in [0.5, 0.6) is 0 Å². The molecule has 1 amide bonds. The summed E-state index contributed by atoms with van der Waals surface area (Å²) in [5.41, 5.74) is 0.381. The molecule has 0 aliphatic heterocycles. The third kappa shape index (κ3) is 4.27. The van der Waals surface area contributed by atoms with E-state index in [4.69, 9.17) is 5.11 Å². The number of nitrogens with one attached hydrogen (secondary N) is 1. The first kappa shape index (κ1) is 14.9. The van der Waals surface area contributed by atoms with Crippen molar-refractivity contribution in [3.05, 3.63) is 45.4 Å². The van der Waals surface area contributed by atoms with Crippen LogP contribution in [0.15, 0.2) is 39.8 Å². The van der Waals surface area contributed by atoms with Crippen molar-refractivity contribution in [3.8, 4) is 0 Å². The van der Waals surface area contributed by atoms with Gasteiger partial charge in [0.15, 0.2) is 0 Å². The van der Waals surface area contributed by atoms with Gasteiger partial charge in [0.2, 0.25) is 0 Å². The first-order valence-corrected chi connectivity index (χ1v) is 6.63. The van der Waals surface area contributed by atoms with E-state index in [9.17, 15) is 9.59 Å². The van der Waals surface area contributed by atoms with Crippen LogP contribution in [-0.4, -0.2) is 23.0 Å². The minimum absolute atomic E-state index is 0.177. The van der Waals surface area contributed by atoms with Gasteiger partial charge in [-0.05, 0) is 24.6 Å². The molecule has 18 heavy (non-hydrogen) atoms. The largest absolute Gasteiger partial charge is 0.480 e. The van der Waals surface area contributed by atoms with Gasteiger partial charge in [0.25, 0.3) is 5.91 Å². The van der Waals surface area contributed by atoms with Gasteiger partial charge in [-0.2, -0.15) is 0 Å². The predicted octanol–water partition coefficient (Wildman–Crippen LogP) is 2.97. The highest BCUT2D eigenvalue weighted by atomic mass is 79.9. The summed E-state index contributed by atoms with van der Waals surface area (Å²) in [5.74, 6) is -1.52. The van der Waals surface area contributed by atoms with Crippen molar-refractivity contribution in [2.75, 3.05) is 0 Å². The number of amides is 1. The van der Waals surface area contributed by atoms with Crippen molar-refractivity contribution in [1.29, 1.82) is 0 Å². The normalized spacial score (nSPS) is 11.7. The van der Waals surface area contributed by atoms with E-state index in [-0.39, 0.29) is 6.42 Å². The van der Waals surface area contributed by atoms with E-state index in [1.807, 2.05) is 0 Å². The van der Waals surface area contributed by atoms with Crippen molar-refractivity contribution < 1.29 is 14.7 Å². The molecule has 0 saturated carbocycles. The summed E-state index contributed by atoms with van der Waals surface area (Å²) in [4.78, 5) is 22.8. The van der Waals surface area contributed by atoms with Gasteiger partial charge in [-0.15, -0.1) is 6.58 Å². The zero-order chi connectivity index (χ0) is 13.7. The average molecular weight is 377 g/mol. The second-order valence-electron chi connectivity index (χ2n) is 3.55. The van der Waals surface area contributed by atoms with E-state index < -0.39 is 17.9 Å². The Hall–Kier alpha value is -1.14. The standard InChI is InChI=1S/C12H11Br2NO3/c1-2-3-10(12(17)18)15-11(16)7-4-8(13)6-9(14)5-7/h2,4-6,10H,1,3H2,(H,15,16)(H,17,18)/t10-/m0/s1. The Labute approximate surface area is 121 Å². The number of benzene rings is 1. The number of carbonyl (C=O) groups is 2. The van der Waals surface area contributed by atoms with Crippen molar-refractivity contribution in [3.63, 3.8) is 0 Å². The molecule has 0 aliphatic carbocycles. The summed E-state index contributed by atoms with van der Waals surface area (Å²) < 4.78 is 1.47. The molecule has 2 N–H and O–H groups in total. The molecule has 0 aliphatic rings. The first-order valence-electron chi connectivity index (χ1n) is 5.04. The molecule has 0 radical (unpaired) electrons. The van der Waals surface area contributed by atoms with Crippen LogP contribution in [0, 0.1) is 0 Å². The number of halogens is 2. The number of rotatable bonds is 5. The highest BCUT2D eigenvalue weighted by molar-refractivity contribution is 9.11. The van der Waals surface area contributed by atoms with Crippen molar-refractivity contribution in [2.24, 2.45) is 0 Å². The van der Waals surface area contributed by atoms with Gasteiger partial charge < -0.3 is 10.4 Å². The lowest BCUT2D eigenvalue weighted by Crippen LogP contribution is -2.40. The summed E-state index contributed by atoms with van der Waals surface area (Å²) in [5, 5.41) is 11.4. The molecule has 4 nitrogen and oxygen atoms in total. The molecule has 1 aromatic rings. The first-order chi connectivity index (χ1) is 8.43. The molecule has 0 bridgehead atoms. The monoisotopic (exact) mass is 375 g/mol. The smallest absolute Gasteiger partial charge is 0.326 e. The summed E-state index contributed by atoms with van der Waals surface area (Å²) in [7, 11) is 0. The summed E-state index contributed by atoms with van der Waals surface area (Å²) in [6, 6.07) is 4.06. The Bertz CT molecular complexity index is 468. The highest BCUT2D eigenvalue weighted by Crippen LogP contribution is 2.20. The molecular weight excluding hydrogens is 366 g/mol. The van der Waals surface area contributed by atoms with Crippen LogP contribution in [0.25, 0.3) is 0 Å². The average Bonchev–Trinajstić information content (AvgIpc) is 2.26. The molecule has 0 aromatic heterocycles. The third-order valence-corrected chi connectivity index (χ3v) is 3.05. The maximum absolute atomic E-state index is 11.9. The van der Waals surface area contributed by atoms with E-state index in [0.29, 0.717) is 5.56 Å². The van der Waals surface area contributed by atoms with Gasteiger partial charge in [0.05, 0.1) is 0 Å². The summed E-state index contributed by atoms with van der Waals surface area (Å²) in [6.45, 7) is 3.46. The van der Waals surface area contributed by atoms with E-state index in [2.05, 4.69) is 43.8 Å². The van der Waals surface area contributed by atoms with Crippen LogP contribution in [0.3, 0.4) is 0 Å². The molecule has 1 aromatic carbocycles. The Balaban J connectivity index is 2.86. The van der Waals surface area contributed by atoms with E-state index in [1.54, 1.807) is 18.2 Å². The lowest BCUT2D eigenvalue weighted by molar-refractivity contribution is -0.139. The fraction of sp³-hybridized carbons (Fsp3) is 0.167. The van der Waals surface area contributed by atoms with Gasteiger partial charge in [0.1, 0.15) is 6.04 Å². The lowest BCUT2D eigenvalue weighted by atomic mass is 10.1. The highest BCUT2D eigenvalue weighted by Gasteiger charge is 2.19. The molecule has 6 heteroatoms. The van der Waals surface area contributed by atoms with E-state index in [1.165, 1.54) is 6.08 Å². The van der Waals surface area contributed by atoms with Crippen LogP contribution in [0.2, 0.25) is 0 Å².